The van der Waals surface area contributed by atoms with E-state index in [-0.39, 0.29) is 12.3 Å². The highest BCUT2D eigenvalue weighted by molar-refractivity contribution is 5.82. The molecule has 5 heteroatoms. The Kier molecular flexibility index (Phi) is 4.82. The third kappa shape index (κ3) is 3.50. The van der Waals surface area contributed by atoms with E-state index < -0.39 is 18.0 Å². The SMILES string of the molecule is CC.CC1=CCN(C(=O)C2CC2C(F)(F)F)CC1. The van der Waals surface area contributed by atoms with Crippen LogP contribution in [-0.4, -0.2) is 30.1 Å². The lowest BCUT2D eigenvalue weighted by molar-refractivity contribution is -0.157. The first kappa shape index (κ1) is 15.1. The number of hydrogen-bond acceptors (Lipinski definition) is 1. The largest absolute Gasteiger partial charge is 0.392 e. The second-order valence-corrected chi connectivity index (χ2v) is 4.58. The van der Waals surface area contributed by atoms with Gasteiger partial charge in [0.25, 0.3) is 0 Å². The van der Waals surface area contributed by atoms with Gasteiger partial charge in [0.1, 0.15) is 0 Å². The van der Waals surface area contributed by atoms with Crippen LogP contribution >= 0.6 is 0 Å². The van der Waals surface area contributed by atoms with Gasteiger partial charge in [-0.25, -0.2) is 0 Å². The average molecular weight is 263 g/mol. The molecule has 2 nitrogen and oxygen atoms in total. The summed E-state index contributed by atoms with van der Waals surface area (Å²) in [6, 6.07) is 0. The molecule has 1 saturated carbocycles. The summed E-state index contributed by atoms with van der Waals surface area (Å²) in [7, 11) is 0. The van der Waals surface area contributed by atoms with Crippen molar-refractivity contribution in [3.05, 3.63) is 11.6 Å². The van der Waals surface area contributed by atoms with Crippen molar-refractivity contribution in [3.63, 3.8) is 0 Å². The van der Waals surface area contributed by atoms with Crippen molar-refractivity contribution < 1.29 is 18.0 Å². The summed E-state index contributed by atoms with van der Waals surface area (Å²) in [5.74, 6) is -2.54. The van der Waals surface area contributed by atoms with Crippen LogP contribution in [0, 0.1) is 11.8 Å². The van der Waals surface area contributed by atoms with Crippen molar-refractivity contribution in [1.82, 2.24) is 4.90 Å². The molecule has 0 aromatic heterocycles. The van der Waals surface area contributed by atoms with Gasteiger partial charge < -0.3 is 4.90 Å². The lowest BCUT2D eigenvalue weighted by Crippen LogP contribution is -2.36. The zero-order chi connectivity index (χ0) is 13.9. The van der Waals surface area contributed by atoms with Crippen molar-refractivity contribution in [2.75, 3.05) is 13.1 Å². The van der Waals surface area contributed by atoms with E-state index in [1.807, 2.05) is 26.8 Å². The van der Waals surface area contributed by atoms with Gasteiger partial charge in [0.05, 0.1) is 11.8 Å². The van der Waals surface area contributed by atoms with E-state index in [0.29, 0.717) is 13.1 Å². The first-order valence-electron chi connectivity index (χ1n) is 6.40. The fraction of sp³-hybridized carbons (Fsp3) is 0.769. The van der Waals surface area contributed by atoms with Crippen LogP contribution in [0.1, 0.15) is 33.6 Å². The minimum absolute atomic E-state index is 0.0263. The van der Waals surface area contributed by atoms with Crippen molar-refractivity contribution in [2.45, 2.75) is 39.8 Å². The third-order valence-corrected chi connectivity index (χ3v) is 3.28. The summed E-state index contributed by atoms with van der Waals surface area (Å²) in [4.78, 5) is 13.3. The van der Waals surface area contributed by atoms with Crippen LogP contribution in [0.3, 0.4) is 0 Å². The molecule has 1 heterocycles. The van der Waals surface area contributed by atoms with Gasteiger partial charge in [-0.15, -0.1) is 0 Å². The minimum atomic E-state index is -4.21. The highest BCUT2D eigenvalue weighted by Crippen LogP contribution is 2.50. The minimum Gasteiger partial charge on any atom is -0.338 e. The summed E-state index contributed by atoms with van der Waals surface area (Å²) >= 11 is 0. The van der Waals surface area contributed by atoms with Gasteiger partial charge in [-0.1, -0.05) is 25.5 Å². The number of carbonyl (C=O) groups is 1. The molecule has 0 radical (unpaired) electrons. The fourth-order valence-electron chi connectivity index (χ4n) is 2.04. The van der Waals surface area contributed by atoms with Gasteiger partial charge in [0.2, 0.25) is 5.91 Å². The molecule has 0 aromatic carbocycles. The lowest BCUT2D eigenvalue weighted by Gasteiger charge is -2.25. The second-order valence-electron chi connectivity index (χ2n) is 4.58. The Morgan fingerprint density at radius 1 is 1.39 bits per heavy atom. The van der Waals surface area contributed by atoms with Gasteiger partial charge in [-0.05, 0) is 19.8 Å². The average Bonchev–Trinajstić information content (AvgIpc) is 3.11. The maximum atomic E-state index is 12.3. The van der Waals surface area contributed by atoms with E-state index in [0.717, 1.165) is 6.42 Å². The molecule has 2 atom stereocenters. The van der Waals surface area contributed by atoms with Crippen LogP contribution in [0.2, 0.25) is 0 Å². The molecular formula is C13H20F3NO. The number of rotatable bonds is 1. The van der Waals surface area contributed by atoms with Crippen molar-refractivity contribution >= 4 is 5.91 Å². The lowest BCUT2D eigenvalue weighted by atomic mass is 10.1. The normalized spacial score (nSPS) is 27.0. The van der Waals surface area contributed by atoms with E-state index in [9.17, 15) is 18.0 Å². The number of hydrogen-bond donors (Lipinski definition) is 0. The van der Waals surface area contributed by atoms with Crippen LogP contribution in [0.5, 0.6) is 0 Å². The highest BCUT2D eigenvalue weighted by Gasteiger charge is 2.59. The Balaban J connectivity index is 0.000000771. The number of carbonyl (C=O) groups excluding carboxylic acids is 1. The molecule has 0 bridgehead atoms. The molecular weight excluding hydrogens is 243 g/mol. The molecule has 1 fully saturated rings. The van der Waals surface area contributed by atoms with Crippen LogP contribution < -0.4 is 0 Å². The molecule has 1 aliphatic heterocycles. The zero-order valence-corrected chi connectivity index (χ0v) is 11.0. The zero-order valence-electron chi connectivity index (χ0n) is 11.0. The van der Waals surface area contributed by atoms with Gasteiger partial charge in [-0.2, -0.15) is 13.2 Å². The summed E-state index contributed by atoms with van der Waals surface area (Å²) in [5.41, 5.74) is 1.20. The van der Waals surface area contributed by atoms with Gasteiger partial charge in [0.15, 0.2) is 0 Å². The maximum Gasteiger partial charge on any atom is 0.392 e. The molecule has 0 saturated heterocycles. The molecule has 2 rings (SSSR count). The standard InChI is InChI=1S/C11H14F3NO.C2H6/c1-7-2-4-15(5-3-7)10(16)8-6-9(8)11(12,13)14;1-2/h2,8-9H,3-6H2,1H3;1-2H3. The second kappa shape index (κ2) is 5.76. The van der Waals surface area contributed by atoms with E-state index in [4.69, 9.17) is 0 Å². The molecule has 104 valence electrons. The fourth-order valence-corrected chi connectivity index (χ4v) is 2.04. The van der Waals surface area contributed by atoms with Gasteiger partial charge in [-0.3, -0.25) is 4.79 Å². The Morgan fingerprint density at radius 3 is 2.39 bits per heavy atom. The predicted octanol–water partition coefficient (Wildman–Crippen LogP) is 3.39. The molecule has 0 spiro atoms. The number of halogens is 3. The molecule has 1 aliphatic carbocycles. The van der Waals surface area contributed by atoms with Crippen LogP contribution in [-0.2, 0) is 4.79 Å². The molecule has 1 amide bonds. The number of alkyl halides is 3. The maximum absolute atomic E-state index is 12.3. The smallest absolute Gasteiger partial charge is 0.338 e. The molecule has 0 aromatic rings. The first-order chi connectivity index (χ1) is 8.39. The Morgan fingerprint density at radius 2 is 2.00 bits per heavy atom. The molecule has 2 unspecified atom stereocenters. The first-order valence-corrected chi connectivity index (χ1v) is 6.40. The van der Waals surface area contributed by atoms with Gasteiger partial charge >= 0.3 is 6.18 Å². The van der Waals surface area contributed by atoms with E-state index >= 15 is 0 Å². The van der Waals surface area contributed by atoms with Crippen LogP contribution in [0.15, 0.2) is 11.6 Å². The molecule has 2 aliphatic rings. The Hall–Kier alpha value is -1.00. The van der Waals surface area contributed by atoms with Crippen molar-refractivity contribution in [1.29, 1.82) is 0 Å². The predicted molar refractivity (Wildman–Crippen MR) is 64.0 cm³/mol. The molecule has 0 N–H and O–H groups in total. The van der Waals surface area contributed by atoms with E-state index in [1.165, 1.54) is 10.5 Å². The monoisotopic (exact) mass is 263 g/mol. The highest BCUT2D eigenvalue weighted by atomic mass is 19.4. The van der Waals surface area contributed by atoms with Gasteiger partial charge in [0, 0.05) is 13.1 Å². The summed E-state index contributed by atoms with van der Waals surface area (Å²) in [6.45, 7) is 6.99. The summed E-state index contributed by atoms with van der Waals surface area (Å²) in [6.07, 6.45) is -1.55. The quantitative estimate of drug-likeness (QED) is 0.664. The number of nitrogens with zero attached hydrogens (tertiary/aromatic N) is 1. The summed E-state index contributed by atoms with van der Waals surface area (Å²) in [5, 5.41) is 0. The van der Waals surface area contributed by atoms with E-state index in [2.05, 4.69) is 0 Å². The summed E-state index contributed by atoms with van der Waals surface area (Å²) < 4.78 is 36.9. The van der Waals surface area contributed by atoms with Crippen molar-refractivity contribution in [3.8, 4) is 0 Å². The Bertz CT molecular complexity index is 336. The van der Waals surface area contributed by atoms with E-state index in [1.54, 1.807) is 0 Å². The molecule has 18 heavy (non-hydrogen) atoms. The topological polar surface area (TPSA) is 20.3 Å². The van der Waals surface area contributed by atoms with Crippen molar-refractivity contribution in [2.24, 2.45) is 11.8 Å². The Labute approximate surface area is 106 Å². The van der Waals surface area contributed by atoms with Crippen LogP contribution in [0.25, 0.3) is 0 Å². The number of amides is 1. The van der Waals surface area contributed by atoms with Crippen LogP contribution in [0.4, 0.5) is 13.2 Å². The third-order valence-electron chi connectivity index (χ3n) is 3.28.